The Morgan fingerprint density at radius 2 is 2.11 bits per heavy atom. The molecule has 0 aliphatic carbocycles. The standard InChI is InChI=1S/C14H16ClFN2S/c1-8(2)17-13(14-18-9(3)7-19-14)10-5-4-6-11(15)12(10)16/h4-8,13,17H,1-3H3. The Balaban J connectivity index is 2.45. The Morgan fingerprint density at radius 1 is 1.37 bits per heavy atom. The highest BCUT2D eigenvalue weighted by molar-refractivity contribution is 7.09. The van der Waals surface area contributed by atoms with E-state index in [1.807, 2.05) is 26.2 Å². The number of nitrogens with zero attached hydrogens (tertiary/aromatic N) is 1. The summed E-state index contributed by atoms with van der Waals surface area (Å²) in [5.74, 6) is -0.379. The van der Waals surface area contributed by atoms with Gasteiger partial charge >= 0.3 is 0 Å². The van der Waals surface area contributed by atoms with Crippen LogP contribution in [0.25, 0.3) is 0 Å². The molecule has 102 valence electrons. The summed E-state index contributed by atoms with van der Waals surface area (Å²) in [6, 6.07) is 5.01. The van der Waals surface area contributed by atoms with Crippen LogP contribution >= 0.6 is 22.9 Å². The lowest BCUT2D eigenvalue weighted by atomic mass is 10.1. The van der Waals surface area contributed by atoms with Gasteiger partial charge < -0.3 is 5.32 Å². The summed E-state index contributed by atoms with van der Waals surface area (Å²) in [5.41, 5.74) is 1.48. The fraction of sp³-hybridized carbons (Fsp3) is 0.357. The van der Waals surface area contributed by atoms with Crippen molar-refractivity contribution in [3.05, 3.63) is 50.7 Å². The zero-order chi connectivity index (χ0) is 14.0. The van der Waals surface area contributed by atoms with Crippen molar-refractivity contribution < 1.29 is 4.39 Å². The number of benzene rings is 1. The first-order valence-corrected chi connectivity index (χ1v) is 7.36. The molecule has 2 aromatic rings. The SMILES string of the molecule is Cc1csc(C(NC(C)C)c2cccc(Cl)c2F)n1. The van der Waals surface area contributed by atoms with Gasteiger partial charge in [0.25, 0.3) is 0 Å². The van der Waals surface area contributed by atoms with E-state index < -0.39 is 0 Å². The van der Waals surface area contributed by atoms with E-state index in [-0.39, 0.29) is 22.9 Å². The predicted octanol–water partition coefficient (Wildman–Crippen LogP) is 4.33. The summed E-state index contributed by atoms with van der Waals surface area (Å²) < 4.78 is 14.2. The van der Waals surface area contributed by atoms with Crippen molar-refractivity contribution in [2.45, 2.75) is 32.9 Å². The first-order valence-electron chi connectivity index (χ1n) is 6.11. The zero-order valence-corrected chi connectivity index (χ0v) is 12.6. The molecule has 0 radical (unpaired) electrons. The molecule has 0 aliphatic rings. The Labute approximate surface area is 121 Å². The molecule has 19 heavy (non-hydrogen) atoms. The molecule has 2 nitrogen and oxygen atoms in total. The quantitative estimate of drug-likeness (QED) is 0.908. The molecule has 0 fully saturated rings. The molecule has 1 N–H and O–H groups in total. The largest absolute Gasteiger partial charge is 0.302 e. The van der Waals surface area contributed by atoms with Crippen LogP contribution in [0.5, 0.6) is 0 Å². The van der Waals surface area contributed by atoms with Crippen LogP contribution in [-0.2, 0) is 0 Å². The summed E-state index contributed by atoms with van der Waals surface area (Å²) in [4.78, 5) is 4.46. The lowest BCUT2D eigenvalue weighted by Crippen LogP contribution is -2.29. The molecule has 0 bridgehead atoms. The van der Waals surface area contributed by atoms with Gasteiger partial charge in [0.2, 0.25) is 0 Å². The third-order valence-electron chi connectivity index (χ3n) is 2.68. The molecule has 1 aromatic heterocycles. The lowest BCUT2D eigenvalue weighted by molar-refractivity contribution is 0.501. The molecule has 2 rings (SSSR count). The second-order valence-electron chi connectivity index (χ2n) is 4.72. The minimum absolute atomic E-state index is 0.140. The molecule has 0 saturated carbocycles. The summed E-state index contributed by atoms with van der Waals surface area (Å²) in [7, 11) is 0. The van der Waals surface area contributed by atoms with Gasteiger partial charge in [0, 0.05) is 22.7 Å². The van der Waals surface area contributed by atoms with Crippen molar-refractivity contribution in [1.82, 2.24) is 10.3 Å². The van der Waals surface area contributed by atoms with Gasteiger partial charge in [-0.1, -0.05) is 23.7 Å². The van der Waals surface area contributed by atoms with Crippen LogP contribution in [0.3, 0.4) is 0 Å². The number of aryl methyl sites for hydroxylation is 1. The molecule has 1 atom stereocenters. The molecular weight excluding hydrogens is 283 g/mol. The third-order valence-corrected chi connectivity index (χ3v) is 4.00. The van der Waals surface area contributed by atoms with Crippen molar-refractivity contribution in [3.63, 3.8) is 0 Å². The van der Waals surface area contributed by atoms with E-state index in [4.69, 9.17) is 11.6 Å². The molecule has 5 heteroatoms. The fourth-order valence-corrected chi connectivity index (χ4v) is 2.93. The van der Waals surface area contributed by atoms with Crippen molar-refractivity contribution in [1.29, 1.82) is 0 Å². The van der Waals surface area contributed by atoms with Crippen molar-refractivity contribution >= 4 is 22.9 Å². The van der Waals surface area contributed by atoms with E-state index in [1.165, 1.54) is 11.3 Å². The van der Waals surface area contributed by atoms with Gasteiger partial charge in [-0.25, -0.2) is 9.37 Å². The van der Waals surface area contributed by atoms with E-state index in [2.05, 4.69) is 10.3 Å². The minimum Gasteiger partial charge on any atom is -0.302 e. The molecule has 1 heterocycles. The maximum Gasteiger partial charge on any atom is 0.146 e. The van der Waals surface area contributed by atoms with E-state index in [0.717, 1.165) is 10.7 Å². The molecule has 0 saturated heterocycles. The van der Waals surface area contributed by atoms with Crippen LogP contribution in [0.2, 0.25) is 5.02 Å². The molecule has 1 aromatic carbocycles. The minimum atomic E-state index is -0.379. The average molecular weight is 299 g/mol. The van der Waals surface area contributed by atoms with Crippen LogP contribution in [0, 0.1) is 12.7 Å². The van der Waals surface area contributed by atoms with Crippen LogP contribution in [-0.4, -0.2) is 11.0 Å². The number of hydrogen-bond donors (Lipinski definition) is 1. The zero-order valence-electron chi connectivity index (χ0n) is 11.1. The van der Waals surface area contributed by atoms with E-state index in [1.54, 1.807) is 18.2 Å². The topological polar surface area (TPSA) is 24.9 Å². The summed E-state index contributed by atoms with van der Waals surface area (Å²) >= 11 is 7.39. The molecule has 0 amide bonds. The normalized spacial score (nSPS) is 12.9. The van der Waals surface area contributed by atoms with Crippen LogP contribution in [0.1, 0.15) is 36.2 Å². The van der Waals surface area contributed by atoms with Gasteiger partial charge in [-0.05, 0) is 26.8 Å². The molecule has 0 aliphatic heterocycles. The van der Waals surface area contributed by atoms with Crippen LogP contribution in [0.15, 0.2) is 23.6 Å². The maximum atomic E-state index is 14.2. The van der Waals surface area contributed by atoms with Gasteiger partial charge in [-0.3, -0.25) is 0 Å². The number of thiazole rings is 1. The second-order valence-corrected chi connectivity index (χ2v) is 6.02. The number of rotatable bonds is 4. The Morgan fingerprint density at radius 3 is 2.68 bits per heavy atom. The highest BCUT2D eigenvalue weighted by Crippen LogP contribution is 2.30. The smallest absolute Gasteiger partial charge is 0.146 e. The Kier molecular flexibility index (Phi) is 4.55. The highest BCUT2D eigenvalue weighted by Gasteiger charge is 2.22. The van der Waals surface area contributed by atoms with E-state index in [0.29, 0.717) is 5.56 Å². The number of halogens is 2. The van der Waals surface area contributed by atoms with Gasteiger partial charge in [0.05, 0.1) is 11.1 Å². The monoisotopic (exact) mass is 298 g/mol. The number of aromatic nitrogens is 1. The van der Waals surface area contributed by atoms with Gasteiger partial charge in [-0.15, -0.1) is 11.3 Å². The number of hydrogen-bond acceptors (Lipinski definition) is 3. The predicted molar refractivity (Wildman–Crippen MR) is 78.4 cm³/mol. The first-order chi connectivity index (χ1) is 8.99. The third kappa shape index (κ3) is 3.32. The summed E-state index contributed by atoms with van der Waals surface area (Å²) in [6.07, 6.45) is 0. The lowest BCUT2D eigenvalue weighted by Gasteiger charge is -2.20. The molecule has 1 unspecified atom stereocenters. The van der Waals surface area contributed by atoms with Crippen LogP contribution in [0.4, 0.5) is 4.39 Å². The molecular formula is C14H16ClFN2S. The van der Waals surface area contributed by atoms with E-state index >= 15 is 0 Å². The van der Waals surface area contributed by atoms with Gasteiger partial charge in [0.1, 0.15) is 10.8 Å². The fourth-order valence-electron chi connectivity index (χ4n) is 1.88. The molecule has 0 spiro atoms. The maximum absolute atomic E-state index is 14.2. The van der Waals surface area contributed by atoms with Crippen LogP contribution < -0.4 is 5.32 Å². The Hall–Kier alpha value is -0.970. The van der Waals surface area contributed by atoms with E-state index in [9.17, 15) is 4.39 Å². The second kappa shape index (κ2) is 5.99. The van der Waals surface area contributed by atoms with Gasteiger partial charge in [0.15, 0.2) is 0 Å². The van der Waals surface area contributed by atoms with Crippen molar-refractivity contribution in [3.8, 4) is 0 Å². The summed E-state index contributed by atoms with van der Waals surface area (Å²) in [6.45, 7) is 5.98. The first kappa shape index (κ1) is 14.4. The summed E-state index contributed by atoms with van der Waals surface area (Å²) in [5, 5.41) is 6.30. The van der Waals surface area contributed by atoms with Gasteiger partial charge in [-0.2, -0.15) is 0 Å². The van der Waals surface area contributed by atoms with Crippen molar-refractivity contribution in [2.24, 2.45) is 0 Å². The average Bonchev–Trinajstić information content (AvgIpc) is 2.76. The number of nitrogens with one attached hydrogen (secondary N) is 1. The Bertz CT molecular complexity index is 568. The highest BCUT2D eigenvalue weighted by atomic mass is 35.5. The van der Waals surface area contributed by atoms with Crippen molar-refractivity contribution in [2.75, 3.05) is 0 Å².